The molecule has 2 heterocycles. The van der Waals surface area contributed by atoms with Crippen molar-refractivity contribution in [1.29, 1.82) is 0 Å². The molecule has 0 unspecified atom stereocenters. The van der Waals surface area contributed by atoms with Crippen LogP contribution in [0.25, 0.3) is 22.1 Å². The molecule has 32 heavy (non-hydrogen) atoms. The van der Waals surface area contributed by atoms with Gasteiger partial charge in [-0.15, -0.1) is 10.2 Å². The Hall–Kier alpha value is -3.53. The van der Waals surface area contributed by atoms with E-state index in [0.29, 0.717) is 17.3 Å². The van der Waals surface area contributed by atoms with Gasteiger partial charge < -0.3 is 9.88 Å². The van der Waals surface area contributed by atoms with Crippen molar-refractivity contribution >= 4 is 51.1 Å². The maximum atomic E-state index is 12.8. The van der Waals surface area contributed by atoms with Crippen LogP contribution in [0.1, 0.15) is 26.7 Å². The number of fused-ring (bicyclic) bond motifs is 3. The van der Waals surface area contributed by atoms with E-state index in [2.05, 4.69) is 27.0 Å². The third-order valence-corrected chi connectivity index (χ3v) is 6.27. The summed E-state index contributed by atoms with van der Waals surface area (Å²) in [6.45, 7) is 4.83. The number of rotatable bonds is 8. The van der Waals surface area contributed by atoms with E-state index in [0.717, 1.165) is 35.0 Å². The first kappa shape index (κ1) is 21.7. The van der Waals surface area contributed by atoms with Crippen LogP contribution in [-0.2, 0) is 11.3 Å². The highest BCUT2D eigenvalue weighted by atomic mass is 32.2. The number of amides is 1. The molecule has 10 heteroatoms. The normalized spacial score (nSPS) is 12.2. The zero-order valence-electron chi connectivity index (χ0n) is 17.7. The SMILES string of the molecule is CCCn1c2ccccc2c2nnc(S[C@H](CC)C(=O)Nc3ccc([N+](=O)[O-])cc3)nc21. The maximum absolute atomic E-state index is 12.8. The molecule has 0 saturated carbocycles. The van der Waals surface area contributed by atoms with Gasteiger partial charge in [-0.05, 0) is 31.0 Å². The predicted molar refractivity (Wildman–Crippen MR) is 125 cm³/mol. The van der Waals surface area contributed by atoms with Gasteiger partial charge in [0, 0.05) is 29.8 Å². The van der Waals surface area contributed by atoms with Crippen molar-refractivity contribution in [3.8, 4) is 0 Å². The number of thioether (sulfide) groups is 1. The molecule has 0 aliphatic heterocycles. The van der Waals surface area contributed by atoms with Crippen LogP contribution in [0.15, 0.2) is 53.7 Å². The maximum Gasteiger partial charge on any atom is 0.269 e. The summed E-state index contributed by atoms with van der Waals surface area (Å²) >= 11 is 1.26. The number of nitro benzene ring substituents is 1. The third kappa shape index (κ3) is 4.26. The van der Waals surface area contributed by atoms with E-state index in [1.54, 1.807) is 0 Å². The first-order chi connectivity index (χ1) is 15.5. The van der Waals surface area contributed by atoms with E-state index in [4.69, 9.17) is 4.98 Å². The monoisotopic (exact) mass is 450 g/mol. The summed E-state index contributed by atoms with van der Waals surface area (Å²) < 4.78 is 2.14. The number of benzene rings is 2. The van der Waals surface area contributed by atoms with E-state index in [-0.39, 0.29) is 11.6 Å². The largest absolute Gasteiger partial charge is 0.325 e. The predicted octanol–water partition coefficient (Wildman–Crippen LogP) is 4.81. The van der Waals surface area contributed by atoms with Crippen LogP contribution in [0.5, 0.6) is 0 Å². The van der Waals surface area contributed by atoms with Crippen molar-refractivity contribution in [3.63, 3.8) is 0 Å². The Morgan fingerprint density at radius 1 is 1.16 bits per heavy atom. The first-order valence-corrected chi connectivity index (χ1v) is 11.2. The number of carbonyl (C=O) groups is 1. The summed E-state index contributed by atoms with van der Waals surface area (Å²) in [7, 11) is 0. The van der Waals surface area contributed by atoms with E-state index in [1.165, 1.54) is 36.0 Å². The average Bonchev–Trinajstić information content (AvgIpc) is 3.11. The fourth-order valence-electron chi connectivity index (χ4n) is 3.53. The molecule has 4 rings (SSSR count). The summed E-state index contributed by atoms with van der Waals surface area (Å²) in [6.07, 6.45) is 1.51. The molecular weight excluding hydrogens is 428 g/mol. The molecule has 2 aromatic heterocycles. The van der Waals surface area contributed by atoms with Gasteiger partial charge in [0.15, 0.2) is 5.65 Å². The van der Waals surface area contributed by atoms with Crippen LogP contribution in [-0.4, -0.2) is 35.8 Å². The quantitative estimate of drug-likeness (QED) is 0.233. The Morgan fingerprint density at radius 3 is 2.59 bits per heavy atom. The topological polar surface area (TPSA) is 116 Å². The van der Waals surface area contributed by atoms with Gasteiger partial charge in [0.05, 0.1) is 15.7 Å². The summed E-state index contributed by atoms with van der Waals surface area (Å²) in [5.74, 6) is -0.218. The lowest BCUT2D eigenvalue weighted by Gasteiger charge is -2.13. The number of carbonyl (C=O) groups excluding carboxylic acids is 1. The zero-order chi connectivity index (χ0) is 22.7. The van der Waals surface area contributed by atoms with E-state index >= 15 is 0 Å². The Bertz CT molecular complexity index is 1290. The number of hydrogen-bond donors (Lipinski definition) is 1. The molecule has 0 aliphatic rings. The minimum absolute atomic E-state index is 0.0281. The minimum atomic E-state index is -0.478. The molecule has 0 spiro atoms. The van der Waals surface area contributed by atoms with Crippen LogP contribution in [0.4, 0.5) is 11.4 Å². The fraction of sp³-hybridized carbons (Fsp3) is 0.273. The Balaban J connectivity index is 1.58. The fourth-order valence-corrected chi connectivity index (χ4v) is 4.34. The van der Waals surface area contributed by atoms with Crippen molar-refractivity contribution in [2.45, 2.75) is 43.6 Å². The van der Waals surface area contributed by atoms with Crippen molar-refractivity contribution < 1.29 is 9.72 Å². The van der Waals surface area contributed by atoms with Crippen LogP contribution in [0.3, 0.4) is 0 Å². The second-order valence-corrected chi connectivity index (χ2v) is 8.41. The van der Waals surface area contributed by atoms with Crippen LogP contribution in [0, 0.1) is 10.1 Å². The lowest BCUT2D eigenvalue weighted by molar-refractivity contribution is -0.384. The smallest absolute Gasteiger partial charge is 0.269 e. The number of nitrogens with zero attached hydrogens (tertiary/aromatic N) is 5. The van der Waals surface area contributed by atoms with Crippen LogP contribution < -0.4 is 5.32 Å². The molecule has 1 N–H and O–H groups in total. The number of aryl methyl sites for hydroxylation is 1. The molecule has 1 atom stereocenters. The molecule has 0 bridgehead atoms. The van der Waals surface area contributed by atoms with Gasteiger partial charge in [-0.25, -0.2) is 4.98 Å². The third-order valence-electron chi connectivity index (χ3n) is 5.06. The Morgan fingerprint density at radius 2 is 1.91 bits per heavy atom. The zero-order valence-corrected chi connectivity index (χ0v) is 18.5. The summed E-state index contributed by atoms with van der Waals surface area (Å²) in [4.78, 5) is 27.9. The van der Waals surface area contributed by atoms with Gasteiger partial charge >= 0.3 is 0 Å². The van der Waals surface area contributed by atoms with Crippen LogP contribution in [0.2, 0.25) is 0 Å². The molecule has 1 amide bonds. The average molecular weight is 451 g/mol. The van der Waals surface area contributed by atoms with Gasteiger partial charge in [-0.1, -0.05) is 43.8 Å². The molecule has 0 radical (unpaired) electrons. The van der Waals surface area contributed by atoms with Crippen molar-refractivity contribution in [2.24, 2.45) is 0 Å². The summed E-state index contributed by atoms with van der Waals surface area (Å²) in [5.41, 5.74) is 3.05. The number of para-hydroxylation sites is 1. The van der Waals surface area contributed by atoms with Gasteiger partial charge in [0.2, 0.25) is 11.1 Å². The van der Waals surface area contributed by atoms with Gasteiger partial charge in [0.25, 0.3) is 5.69 Å². The standard InChI is InChI=1S/C22H22N6O3S/c1-3-13-27-17-8-6-5-7-16(17)19-20(27)24-22(26-25-19)32-18(4-2)21(29)23-14-9-11-15(12-10-14)28(30)31/h5-12,18H,3-4,13H2,1-2H3,(H,23,29)/t18-/m1/s1. The lowest BCUT2D eigenvalue weighted by Crippen LogP contribution is -2.24. The molecular formula is C22H22N6O3S. The summed E-state index contributed by atoms with van der Waals surface area (Å²) in [6, 6.07) is 13.8. The number of anilines is 1. The number of nitrogens with one attached hydrogen (secondary N) is 1. The second kappa shape index (κ2) is 9.31. The van der Waals surface area contributed by atoms with Crippen LogP contribution >= 0.6 is 11.8 Å². The number of nitro groups is 1. The van der Waals surface area contributed by atoms with E-state index in [1.807, 2.05) is 31.2 Å². The molecule has 9 nitrogen and oxygen atoms in total. The Kier molecular flexibility index (Phi) is 6.31. The number of aromatic nitrogens is 4. The highest BCUT2D eigenvalue weighted by Crippen LogP contribution is 2.29. The van der Waals surface area contributed by atoms with Gasteiger partial charge in [0.1, 0.15) is 5.52 Å². The van der Waals surface area contributed by atoms with E-state index in [9.17, 15) is 14.9 Å². The molecule has 164 valence electrons. The Labute approximate surface area is 188 Å². The van der Waals surface area contributed by atoms with E-state index < -0.39 is 10.2 Å². The van der Waals surface area contributed by atoms with Crippen molar-refractivity contribution in [2.75, 3.05) is 5.32 Å². The van der Waals surface area contributed by atoms with Gasteiger partial charge in [-0.3, -0.25) is 14.9 Å². The van der Waals surface area contributed by atoms with Crippen molar-refractivity contribution in [3.05, 3.63) is 58.6 Å². The summed E-state index contributed by atoms with van der Waals surface area (Å²) in [5, 5.41) is 23.3. The number of hydrogen-bond acceptors (Lipinski definition) is 7. The highest BCUT2D eigenvalue weighted by molar-refractivity contribution is 8.00. The molecule has 0 fully saturated rings. The second-order valence-electron chi connectivity index (χ2n) is 7.24. The molecule has 0 saturated heterocycles. The van der Waals surface area contributed by atoms with Crippen molar-refractivity contribution in [1.82, 2.24) is 19.7 Å². The first-order valence-electron chi connectivity index (χ1n) is 10.4. The molecule has 0 aliphatic carbocycles. The lowest BCUT2D eigenvalue weighted by atomic mass is 10.2. The highest BCUT2D eigenvalue weighted by Gasteiger charge is 2.22. The molecule has 2 aromatic carbocycles. The van der Waals surface area contributed by atoms with Gasteiger partial charge in [-0.2, -0.15) is 0 Å². The minimum Gasteiger partial charge on any atom is -0.325 e. The molecule has 4 aromatic rings. The number of non-ortho nitro benzene ring substituents is 1.